The minimum absolute atomic E-state index is 0.0212. The van der Waals surface area contributed by atoms with Gasteiger partial charge in [-0.3, -0.25) is 4.79 Å². The third-order valence-electron chi connectivity index (χ3n) is 4.48. The van der Waals surface area contributed by atoms with E-state index in [-0.39, 0.29) is 17.9 Å². The number of rotatable bonds is 6. The Balaban J connectivity index is 1.78. The molecule has 1 heterocycles. The molecular formula is C21H18Cl2F3N3O2. The van der Waals surface area contributed by atoms with Crippen LogP contribution in [0.2, 0.25) is 10.0 Å². The lowest BCUT2D eigenvalue weighted by Gasteiger charge is -2.14. The quantitative estimate of drug-likeness (QED) is 0.485. The van der Waals surface area contributed by atoms with Crippen LogP contribution in [-0.2, 0) is 11.2 Å². The topological polar surface area (TPSA) is 56.2 Å². The van der Waals surface area contributed by atoms with E-state index in [9.17, 15) is 18.0 Å². The van der Waals surface area contributed by atoms with Crippen LogP contribution in [0.25, 0.3) is 5.69 Å². The molecule has 0 unspecified atom stereocenters. The second-order valence-electron chi connectivity index (χ2n) is 6.78. The largest absolute Gasteiger partial charge is 0.482 e. The molecule has 3 rings (SSSR count). The van der Waals surface area contributed by atoms with E-state index in [0.29, 0.717) is 27.0 Å². The molecule has 3 aromatic rings. The number of alkyl halides is 3. The Morgan fingerprint density at radius 1 is 1.13 bits per heavy atom. The monoisotopic (exact) mass is 471 g/mol. The molecule has 10 heteroatoms. The SMILES string of the molecule is Cc1nn(-c2ccc(Cl)c(Cl)c2)c(C)c1CC(=O)Nc1ccccc1OCC(F)(F)F. The Kier molecular flexibility index (Phi) is 6.81. The number of para-hydroxylation sites is 2. The molecule has 1 N–H and O–H groups in total. The summed E-state index contributed by atoms with van der Waals surface area (Å²) in [4.78, 5) is 12.6. The van der Waals surface area contributed by atoms with E-state index in [4.69, 9.17) is 27.9 Å². The maximum Gasteiger partial charge on any atom is 0.422 e. The van der Waals surface area contributed by atoms with Crippen molar-refractivity contribution in [1.29, 1.82) is 0 Å². The van der Waals surface area contributed by atoms with Gasteiger partial charge >= 0.3 is 6.18 Å². The molecule has 0 saturated carbocycles. The fourth-order valence-electron chi connectivity index (χ4n) is 3.01. The van der Waals surface area contributed by atoms with E-state index in [1.54, 1.807) is 35.9 Å². The van der Waals surface area contributed by atoms with Crippen molar-refractivity contribution in [3.8, 4) is 11.4 Å². The Bertz CT molecular complexity index is 1110. The van der Waals surface area contributed by atoms with Gasteiger partial charge in [-0.25, -0.2) is 4.68 Å². The molecule has 1 amide bonds. The fourth-order valence-corrected chi connectivity index (χ4v) is 3.30. The molecule has 164 valence electrons. The zero-order chi connectivity index (χ0) is 22.8. The number of aryl methyl sites for hydroxylation is 1. The molecule has 0 aliphatic carbocycles. The average molecular weight is 472 g/mol. The maximum atomic E-state index is 12.6. The Morgan fingerprint density at radius 2 is 1.84 bits per heavy atom. The van der Waals surface area contributed by atoms with E-state index in [2.05, 4.69) is 10.4 Å². The van der Waals surface area contributed by atoms with Gasteiger partial charge in [-0.2, -0.15) is 18.3 Å². The summed E-state index contributed by atoms with van der Waals surface area (Å²) in [7, 11) is 0. The first-order chi connectivity index (χ1) is 14.5. The number of aromatic nitrogens is 2. The van der Waals surface area contributed by atoms with Crippen molar-refractivity contribution >= 4 is 34.8 Å². The van der Waals surface area contributed by atoms with Gasteiger partial charge in [0.15, 0.2) is 6.61 Å². The zero-order valence-corrected chi connectivity index (χ0v) is 18.1. The van der Waals surface area contributed by atoms with E-state index >= 15 is 0 Å². The van der Waals surface area contributed by atoms with Gasteiger partial charge in [0.25, 0.3) is 0 Å². The van der Waals surface area contributed by atoms with Crippen molar-refractivity contribution in [2.45, 2.75) is 26.4 Å². The van der Waals surface area contributed by atoms with Crippen LogP contribution in [0.5, 0.6) is 5.75 Å². The Labute approximate surface area is 186 Å². The van der Waals surface area contributed by atoms with Gasteiger partial charge in [-0.05, 0) is 44.2 Å². The van der Waals surface area contributed by atoms with Gasteiger partial charge < -0.3 is 10.1 Å². The van der Waals surface area contributed by atoms with Crippen LogP contribution in [0.3, 0.4) is 0 Å². The second kappa shape index (κ2) is 9.20. The van der Waals surface area contributed by atoms with Crippen LogP contribution in [0.4, 0.5) is 18.9 Å². The molecule has 5 nitrogen and oxygen atoms in total. The predicted octanol–water partition coefficient (Wildman–Crippen LogP) is 5.92. The molecule has 0 fully saturated rings. The summed E-state index contributed by atoms with van der Waals surface area (Å²) >= 11 is 12.0. The lowest BCUT2D eigenvalue weighted by atomic mass is 10.1. The number of nitrogens with zero attached hydrogens (tertiary/aromatic N) is 2. The normalized spacial score (nSPS) is 11.5. The van der Waals surface area contributed by atoms with Crippen molar-refractivity contribution in [3.63, 3.8) is 0 Å². The van der Waals surface area contributed by atoms with Gasteiger partial charge in [-0.15, -0.1) is 0 Å². The molecule has 0 atom stereocenters. The van der Waals surface area contributed by atoms with Crippen molar-refractivity contribution < 1.29 is 22.7 Å². The van der Waals surface area contributed by atoms with Crippen LogP contribution in [-0.4, -0.2) is 28.5 Å². The number of carbonyl (C=O) groups is 1. The first-order valence-electron chi connectivity index (χ1n) is 9.14. The highest BCUT2D eigenvalue weighted by atomic mass is 35.5. The lowest BCUT2D eigenvalue weighted by Crippen LogP contribution is -2.21. The maximum absolute atomic E-state index is 12.6. The Morgan fingerprint density at radius 3 is 2.52 bits per heavy atom. The second-order valence-corrected chi connectivity index (χ2v) is 7.60. The number of amides is 1. The van der Waals surface area contributed by atoms with Gasteiger partial charge in [0.2, 0.25) is 5.91 Å². The first kappa shape index (κ1) is 23.0. The highest BCUT2D eigenvalue weighted by Gasteiger charge is 2.29. The van der Waals surface area contributed by atoms with Crippen LogP contribution in [0.1, 0.15) is 17.0 Å². The number of halogens is 5. The van der Waals surface area contributed by atoms with E-state index in [1.807, 2.05) is 6.92 Å². The standard InChI is InChI=1S/C21H18Cl2F3N3O2/c1-12-15(13(2)29(28-12)14-7-8-16(22)17(23)9-14)10-20(30)27-18-5-3-4-6-19(18)31-11-21(24,25)26/h3-9H,10-11H2,1-2H3,(H,27,30). The van der Waals surface area contributed by atoms with Crippen LogP contribution >= 0.6 is 23.2 Å². The van der Waals surface area contributed by atoms with Gasteiger partial charge in [0.1, 0.15) is 5.75 Å². The number of ether oxygens (including phenoxy) is 1. The van der Waals surface area contributed by atoms with E-state index in [1.165, 1.54) is 18.2 Å². The summed E-state index contributed by atoms with van der Waals surface area (Å²) in [5, 5.41) is 7.87. The number of nitrogens with one attached hydrogen (secondary N) is 1. The molecular weight excluding hydrogens is 454 g/mol. The number of anilines is 1. The first-order valence-corrected chi connectivity index (χ1v) is 9.89. The highest BCUT2D eigenvalue weighted by Crippen LogP contribution is 2.28. The summed E-state index contributed by atoms with van der Waals surface area (Å²) in [6.07, 6.45) is -4.50. The van der Waals surface area contributed by atoms with Crippen LogP contribution in [0.15, 0.2) is 42.5 Å². The average Bonchev–Trinajstić information content (AvgIpc) is 2.97. The minimum atomic E-state index is -4.48. The number of benzene rings is 2. The van der Waals surface area contributed by atoms with E-state index < -0.39 is 18.7 Å². The van der Waals surface area contributed by atoms with Crippen molar-refractivity contribution in [2.24, 2.45) is 0 Å². The van der Waals surface area contributed by atoms with Gasteiger partial charge in [0.05, 0.1) is 33.5 Å². The van der Waals surface area contributed by atoms with Gasteiger partial charge in [0, 0.05) is 11.3 Å². The highest BCUT2D eigenvalue weighted by molar-refractivity contribution is 6.42. The summed E-state index contributed by atoms with van der Waals surface area (Å²) in [6.45, 7) is 2.13. The third-order valence-corrected chi connectivity index (χ3v) is 5.22. The molecule has 0 spiro atoms. The summed E-state index contributed by atoms with van der Waals surface area (Å²) < 4.78 is 43.8. The molecule has 31 heavy (non-hydrogen) atoms. The molecule has 0 aliphatic heterocycles. The molecule has 2 aromatic carbocycles. The summed E-state index contributed by atoms with van der Waals surface area (Å²) in [5.41, 5.74) is 2.90. The van der Waals surface area contributed by atoms with Crippen LogP contribution < -0.4 is 10.1 Å². The third kappa shape index (κ3) is 5.71. The van der Waals surface area contributed by atoms with Crippen LogP contribution in [0, 0.1) is 13.8 Å². The minimum Gasteiger partial charge on any atom is -0.482 e. The molecule has 0 aliphatic rings. The number of carbonyl (C=O) groups excluding carboxylic acids is 1. The van der Waals surface area contributed by atoms with E-state index in [0.717, 1.165) is 5.69 Å². The van der Waals surface area contributed by atoms with Crippen molar-refractivity contribution in [3.05, 3.63) is 69.5 Å². The molecule has 0 radical (unpaired) electrons. The number of hydrogen-bond acceptors (Lipinski definition) is 3. The summed E-state index contributed by atoms with van der Waals surface area (Å²) in [5.74, 6) is -0.476. The lowest BCUT2D eigenvalue weighted by molar-refractivity contribution is -0.153. The number of hydrogen-bond donors (Lipinski definition) is 1. The fraction of sp³-hybridized carbons (Fsp3) is 0.238. The predicted molar refractivity (Wildman–Crippen MR) is 113 cm³/mol. The molecule has 0 bridgehead atoms. The molecule has 1 aromatic heterocycles. The van der Waals surface area contributed by atoms with Gasteiger partial charge in [-0.1, -0.05) is 35.3 Å². The molecule has 0 saturated heterocycles. The van der Waals surface area contributed by atoms with Crippen molar-refractivity contribution in [1.82, 2.24) is 9.78 Å². The smallest absolute Gasteiger partial charge is 0.422 e. The Hall–Kier alpha value is -2.71. The van der Waals surface area contributed by atoms with Crippen molar-refractivity contribution in [2.75, 3.05) is 11.9 Å². The zero-order valence-electron chi connectivity index (χ0n) is 16.6. The summed E-state index contributed by atoms with van der Waals surface area (Å²) in [6, 6.07) is 11.0.